The molecule has 21 heavy (non-hydrogen) atoms. The lowest BCUT2D eigenvalue weighted by molar-refractivity contribution is 0.499. The molecule has 1 aromatic heterocycles. The maximum absolute atomic E-state index is 5.60. The Labute approximate surface area is 140 Å². The number of anilines is 1. The average Bonchev–Trinajstić information content (AvgIpc) is 3.01. The number of rotatable bonds is 4. The standard InChI is InChI=1S/C17H13Br2NO/c18-13-8-9-15(14(19)11-13)20-17(16-7-4-10-21-16)12-5-2-1-3-6-12/h1-11,17,20H. The van der Waals surface area contributed by atoms with Crippen LogP contribution in [0.25, 0.3) is 0 Å². The molecule has 4 heteroatoms. The number of nitrogens with one attached hydrogen (secondary N) is 1. The monoisotopic (exact) mass is 405 g/mol. The van der Waals surface area contributed by atoms with Crippen LogP contribution < -0.4 is 5.32 Å². The van der Waals surface area contributed by atoms with E-state index in [1.807, 2.05) is 48.5 Å². The van der Waals surface area contributed by atoms with Gasteiger partial charge < -0.3 is 9.73 Å². The second-order valence-electron chi connectivity index (χ2n) is 4.63. The minimum atomic E-state index is -0.0290. The minimum Gasteiger partial charge on any atom is -0.467 e. The lowest BCUT2D eigenvalue weighted by Gasteiger charge is -2.19. The first-order valence-electron chi connectivity index (χ1n) is 6.54. The normalized spacial score (nSPS) is 12.1. The van der Waals surface area contributed by atoms with Crippen molar-refractivity contribution in [2.45, 2.75) is 6.04 Å². The third-order valence-corrected chi connectivity index (χ3v) is 4.34. The molecule has 3 aromatic rings. The Bertz CT molecular complexity index is 711. The first kappa shape index (κ1) is 14.4. The van der Waals surface area contributed by atoms with E-state index in [1.165, 1.54) is 0 Å². The molecule has 0 fully saturated rings. The zero-order valence-electron chi connectivity index (χ0n) is 11.1. The van der Waals surface area contributed by atoms with Crippen molar-refractivity contribution in [1.29, 1.82) is 0 Å². The molecule has 1 heterocycles. The SMILES string of the molecule is Brc1ccc(NC(c2ccccc2)c2ccco2)c(Br)c1. The van der Waals surface area contributed by atoms with Gasteiger partial charge in [-0.2, -0.15) is 0 Å². The zero-order valence-corrected chi connectivity index (χ0v) is 14.3. The molecule has 0 spiro atoms. The summed E-state index contributed by atoms with van der Waals surface area (Å²) in [4.78, 5) is 0. The van der Waals surface area contributed by atoms with Gasteiger partial charge in [0.25, 0.3) is 0 Å². The summed E-state index contributed by atoms with van der Waals surface area (Å²) in [5.41, 5.74) is 2.17. The number of furan rings is 1. The van der Waals surface area contributed by atoms with Crippen LogP contribution in [0.1, 0.15) is 17.4 Å². The molecule has 0 saturated heterocycles. The van der Waals surface area contributed by atoms with Gasteiger partial charge in [0.15, 0.2) is 0 Å². The summed E-state index contributed by atoms with van der Waals surface area (Å²) in [7, 11) is 0. The van der Waals surface area contributed by atoms with E-state index in [1.54, 1.807) is 6.26 Å². The minimum absolute atomic E-state index is 0.0290. The molecule has 1 N–H and O–H groups in total. The van der Waals surface area contributed by atoms with E-state index in [9.17, 15) is 0 Å². The maximum atomic E-state index is 5.60. The van der Waals surface area contributed by atoms with Crippen LogP contribution in [0, 0.1) is 0 Å². The van der Waals surface area contributed by atoms with Gasteiger partial charge in [-0.25, -0.2) is 0 Å². The summed E-state index contributed by atoms with van der Waals surface area (Å²) in [5, 5.41) is 3.53. The molecule has 106 valence electrons. The number of benzene rings is 2. The first-order valence-corrected chi connectivity index (χ1v) is 8.12. The van der Waals surface area contributed by atoms with Gasteiger partial charge in [0.05, 0.1) is 6.26 Å². The van der Waals surface area contributed by atoms with Gasteiger partial charge in [-0.05, 0) is 51.8 Å². The Kier molecular flexibility index (Phi) is 4.46. The van der Waals surface area contributed by atoms with E-state index < -0.39 is 0 Å². The molecule has 0 radical (unpaired) electrons. The fraction of sp³-hybridized carbons (Fsp3) is 0.0588. The van der Waals surface area contributed by atoms with Crippen molar-refractivity contribution in [3.63, 3.8) is 0 Å². The van der Waals surface area contributed by atoms with Crippen molar-refractivity contribution in [3.8, 4) is 0 Å². The van der Waals surface area contributed by atoms with Gasteiger partial charge in [-0.15, -0.1) is 0 Å². The Morgan fingerprint density at radius 1 is 0.905 bits per heavy atom. The van der Waals surface area contributed by atoms with E-state index in [0.29, 0.717) is 0 Å². The summed E-state index contributed by atoms with van der Waals surface area (Å²) in [6.07, 6.45) is 1.70. The molecule has 3 rings (SSSR count). The van der Waals surface area contributed by atoms with Gasteiger partial charge in [0.2, 0.25) is 0 Å². The highest BCUT2D eigenvalue weighted by molar-refractivity contribution is 9.11. The van der Waals surface area contributed by atoms with Crippen molar-refractivity contribution in [1.82, 2.24) is 0 Å². The van der Waals surface area contributed by atoms with Gasteiger partial charge in [-0.3, -0.25) is 0 Å². The summed E-state index contributed by atoms with van der Waals surface area (Å²) >= 11 is 7.06. The second kappa shape index (κ2) is 6.50. The van der Waals surface area contributed by atoms with Crippen molar-refractivity contribution >= 4 is 37.5 Å². The molecular formula is C17H13Br2NO. The predicted molar refractivity (Wildman–Crippen MR) is 92.5 cm³/mol. The lowest BCUT2D eigenvalue weighted by Crippen LogP contribution is -2.11. The molecule has 0 saturated carbocycles. The van der Waals surface area contributed by atoms with Crippen LogP contribution >= 0.6 is 31.9 Å². The Hall–Kier alpha value is -1.52. The van der Waals surface area contributed by atoms with Crippen LogP contribution in [0.4, 0.5) is 5.69 Å². The fourth-order valence-electron chi connectivity index (χ4n) is 2.18. The zero-order chi connectivity index (χ0) is 14.7. The Balaban J connectivity index is 1.97. The quantitative estimate of drug-likeness (QED) is 0.574. The fourth-order valence-corrected chi connectivity index (χ4v) is 3.34. The van der Waals surface area contributed by atoms with Crippen LogP contribution in [0.3, 0.4) is 0 Å². The third kappa shape index (κ3) is 3.39. The number of halogens is 2. The smallest absolute Gasteiger partial charge is 0.130 e. The van der Waals surface area contributed by atoms with Crippen LogP contribution in [-0.2, 0) is 0 Å². The van der Waals surface area contributed by atoms with Gasteiger partial charge in [0, 0.05) is 14.6 Å². The van der Waals surface area contributed by atoms with Crippen LogP contribution in [-0.4, -0.2) is 0 Å². The van der Waals surface area contributed by atoms with Gasteiger partial charge in [0.1, 0.15) is 11.8 Å². The molecule has 1 atom stereocenters. The lowest BCUT2D eigenvalue weighted by atomic mass is 10.0. The number of hydrogen-bond acceptors (Lipinski definition) is 2. The molecule has 0 aliphatic rings. The second-order valence-corrected chi connectivity index (χ2v) is 6.40. The summed E-state index contributed by atoms with van der Waals surface area (Å²) < 4.78 is 7.64. The highest BCUT2D eigenvalue weighted by atomic mass is 79.9. The first-order chi connectivity index (χ1) is 10.2. The maximum Gasteiger partial charge on any atom is 0.130 e. The summed E-state index contributed by atoms with van der Waals surface area (Å²) in [5.74, 6) is 0.885. The molecular weight excluding hydrogens is 394 g/mol. The Morgan fingerprint density at radius 3 is 2.38 bits per heavy atom. The molecule has 0 bridgehead atoms. The molecule has 2 nitrogen and oxygen atoms in total. The molecule has 0 aliphatic heterocycles. The van der Waals surface area contributed by atoms with E-state index in [0.717, 1.165) is 26.0 Å². The Morgan fingerprint density at radius 2 is 1.71 bits per heavy atom. The van der Waals surface area contributed by atoms with Crippen LogP contribution in [0.5, 0.6) is 0 Å². The molecule has 0 aliphatic carbocycles. The van der Waals surface area contributed by atoms with Crippen molar-refractivity contribution in [3.05, 3.63) is 87.2 Å². The van der Waals surface area contributed by atoms with E-state index in [-0.39, 0.29) is 6.04 Å². The summed E-state index contributed by atoms with van der Waals surface area (Å²) in [6, 6.07) is 20.2. The predicted octanol–water partition coefficient (Wildman–Crippen LogP) is 6.01. The topological polar surface area (TPSA) is 25.2 Å². The average molecular weight is 407 g/mol. The highest BCUT2D eigenvalue weighted by Gasteiger charge is 2.17. The highest BCUT2D eigenvalue weighted by Crippen LogP contribution is 2.32. The largest absolute Gasteiger partial charge is 0.467 e. The molecule has 2 aromatic carbocycles. The van der Waals surface area contributed by atoms with Gasteiger partial charge in [-0.1, -0.05) is 46.3 Å². The molecule has 0 amide bonds. The van der Waals surface area contributed by atoms with E-state index in [2.05, 4.69) is 49.3 Å². The molecule has 1 unspecified atom stereocenters. The van der Waals surface area contributed by atoms with Crippen LogP contribution in [0.15, 0.2) is 80.3 Å². The number of hydrogen-bond donors (Lipinski definition) is 1. The summed E-state index contributed by atoms with van der Waals surface area (Å²) in [6.45, 7) is 0. The van der Waals surface area contributed by atoms with Crippen molar-refractivity contribution < 1.29 is 4.42 Å². The van der Waals surface area contributed by atoms with E-state index in [4.69, 9.17) is 4.42 Å². The third-order valence-electron chi connectivity index (χ3n) is 3.19. The van der Waals surface area contributed by atoms with Crippen molar-refractivity contribution in [2.75, 3.05) is 5.32 Å². The van der Waals surface area contributed by atoms with Crippen LogP contribution in [0.2, 0.25) is 0 Å². The van der Waals surface area contributed by atoms with Gasteiger partial charge >= 0.3 is 0 Å². The van der Waals surface area contributed by atoms with E-state index >= 15 is 0 Å². The van der Waals surface area contributed by atoms with Crippen molar-refractivity contribution in [2.24, 2.45) is 0 Å².